The van der Waals surface area contributed by atoms with E-state index in [1.54, 1.807) is 25.3 Å². The third kappa shape index (κ3) is 2.53. The first-order chi connectivity index (χ1) is 8.17. The molecule has 4 heteroatoms. The zero-order chi connectivity index (χ0) is 12.4. The predicted molar refractivity (Wildman–Crippen MR) is 63.2 cm³/mol. The standard InChI is InChI=1S/C13H18O4/c1-16-9-5-6-10(11(7-9)17-2)13(15)12(14)8-3-4-8/h5-8,12-15H,3-4H2,1-2H3. The maximum atomic E-state index is 10.1. The average Bonchev–Trinajstić information content (AvgIpc) is 3.20. The topological polar surface area (TPSA) is 58.9 Å². The number of methoxy groups -OCH3 is 2. The summed E-state index contributed by atoms with van der Waals surface area (Å²) in [5.41, 5.74) is 0.604. The third-order valence-electron chi connectivity index (χ3n) is 3.19. The zero-order valence-electron chi connectivity index (χ0n) is 10.1. The highest BCUT2D eigenvalue weighted by Gasteiger charge is 2.36. The normalized spacial score (nSPS) is 18.6. The SMILES string of the molecule is COc1ccc(C(O)C(O)C2CC2)c(OC)c1. The summed E-state index contributed by atoms with van der Waals surface area (Å²) in [7, 11) is 3.11. The third-order valence-corrected chi connectivity index (χ3v) is 3.19. The Morgan fingerprint density at radius 2 is 1.88 bits per heavy atom. The Kier molecular flexibility index (Phi) is 3.54. The number of ether oxygens (including phenoxy) is 2. The molecular formula is C13H18O4. The van der Waals surface area contributed by atoms with Crippen LogP contribution < -0.4 is 9.47 Å². The highest BCUT2D eigenvalue weighted by atomic mass is 16.5. The van der Waals surface area contributed by atoms with Crippen LogP contribution in [-0.4, -0.2) is 30.5 Å². The maximum absolute atomic E-state index is 10.1. The molecule has 0 radical (unpaired) electrons. The zero-order valence-corrected chi connectivity index (χ0v) is 10.1. The molecule has 2 atom stereocenters. The minimum absolute atomic E-state index is 0.219. The number of hydrogen-bond acceptors (Lipinski definition) is 4. The van der Waals surface area contributed by atoms with Gasteiger partial charge in [-0.25, -0.2) is 0 Å². The quantitative estimate of drug-likeness (QED) is 0.816. The van der Waals surface area contributed by atoms with E-state index >= 15 is 0 Å². The summed E-state index contributed by atoms with van der Waals surface area (Å²) < 4.78 is 10.3. The van der Waals surface area contributed by atoms with E-state index in [9.17, 15) is 10.2 Å². The van der Waals surface area contributed by atoms with Gasteiger partial charge in [-0.3, -0.25) is 0 Å². The summed E-state index contributed by atoms with van der Waals surface area (Å²) in [6, 6.07) is 5.19. The molecule has 2 rings (SSSR count). The van der Waals surface area contributed by atoms with E-state index in [2.05, 4.69) is 0 Å². The Hall–Kier alpha value is -1.26. The molecule has 1 aromatic rings. The minimum Gasteiger partial charge on any atom is -0.497 e. The Bertz CT molecular complexity index is 387. The van der Waals surface area contributed by atoms with Crippen molar-refractivity contribution in [2.24, 2.45) is 5.92 Å². The number of aliphatic hydroxyl groups is 2. The molecule has 1 aliphatic rings. The number of aliphatic hydroxyl groups excluding tert-OH is 2. The fourth-order valence-electron chi connectivity index (χ4n) is 1.94. The van der Waals surface area contributed by atoms with E-state index in [4.69, 9.17) is 9.47 Å². The van der Waals surface area contributed by atoms with Gasteiger partial charge in [0.05, 0.1) is 20.3 Å². The first-order valence-electron chi connectivity index (χ1n) is 5.75. The van der Waals surface area contributed by atoms with Crippen molar-refractivity contribution in [1.29, 1.82) is 0 Å². The van der Waals surface area contributed by atoms with Crippen LogP contribution in [0.5, 0.6) is 11.5 Å². The van der Waals surface area contributed by atoms with Gasteiger partial charge in [-0.2, -0.15) is 0 Å². The van der Waals surface area contributed by atoms with Crippen molar-refractivity contribution in [2.45, 2.75) is 25.0 Å². The average molecular weight is 238 g/mol. The fraction of sp³-hybridized carbons (Fsp3) is 0.538. The van der Waals surface area contributed by atoms with Crippen LogP contribution in [0.25, 0.3) is 0 Å². The van der Waals surface area contributed by atoms with Crippen molar-refractivity contribution < 1.29 is 19.7 Å². The van der Waals surface area contributed by atoms with Crippen LogP contribution in [0.15, 0.2) is 18.2 Å². The van der Waals surface area contributed by atoms with Crippen molar-refractivity contribution >= 4 is 0 Å². The van der Waals surface area contributed by atoms with Gasteiger partial charge in [0.15, 0.2) is 0 Å². The molecule has 1 aromatic carbocycles. The van der Waals surface area contributed by atoms with Gasteiger partial charge < -0.3 is 19.7 Å². The fourth-order valence-corrected chi connectivity index (χ4v) is 1.94. The van der Waals surface area contributed by atoms with Crippen LogP contribution in [0.1, 0.15) is 24.5 Å². The van der Waals surface area contributed by atoms with Crippen LogP contribution in [-0.2, 0) is 0 Å². The lowest BCUT2D eigenvalue weighted by Crippen LogP contribution is -2.20. The first kappa shape index (κ1) is 12.2. The Labute approximate surface area is 101 Å². The molecule has 1 fully saturated rings. The summed E-state index contributed by atoms with van der Waals surface area (Å²) in [6.45, 7) is 0. The van der Waals surface area contributed by atoms with Gasteiger partial charge in [-0.1, -0.05) is 0 Å². The van der Waals surface area contributed by atoms with Crippen molar-refractivity contribution in [3.05, 3.63) is 23.8 Å². The lowest BCUT2D eigenvalue weighted by molar-refractivity contribution is 0.00359. The molecule has 0 aliphatic heterocycles. The summed E-state index contributed by atoms with van der Waals surface area (Å²) >= 11 is 0. The number of rotatable bonds is 5. The number of hydrogen-bond donors (Lipinski definition) is 2. The lowest BCUT2D eigenvalue weighted by atomic mass is 10.00. The molecular weight excluding hydrogens is 220 g/mol. The first-order valence-corrected chi connectivity index (χ1v) is 5.75. The molecule has 0 aromatic heterocycles. The molecule has 0 amide bonds. The van der Waals surface area contributed by atoms with Crippen LogP contribution in [0, 0.1) is 5.92 Å². The largest absolute Gasteiger partial charge is 0.497 e. The Morgan fingerprint density at radius 1 is 1.18 bits per heavy atom. The molecule has 0 heterocycles. The van der Waals surface area contributed by atoms with Crippen LogP contribution in [0.2, 0.25) is 0 Å². The van der Waals surface area contributed by atoms with Gasteiger partial charge in [0.25, 0.3) is 0 Å². The monoisotopic (exact) mass is 238 g/mol. The Morgan fingerprint density at radius 3 is 2.41 bits per heavy atom. The smallest absolute Gasteiger partial charge is 0.128 e. The molecule has 1 saturated carbocycles. The molecule has 0 spiro atoms. The van der Waals surface area contributed by atoms with Crippen molar-refractivity contribution in [1.82, 2.24) is 0 Å². The molecule has 0 bridgehead atoms. The van der Waals surface area contributed by atoms with Gasteiger partial charge in [-0.05, 0) is 30.9 Å². The van der Waals surface area contributed by atoms with Crippen LogP contribution in [0.3, 0.4) is 0 Å². The molecule has 0 saturated heterocycles. The van der Waals surface area contributed by atoms with E-state index in [0.717, 1.165) is 12.8 Å². The second-order valence-electron chi connectivity index (χ2n) is 4.38. The molecule has 1 aliphatic carbocycles. The summed E-state index contributed by atoms with van der Waals surface area (Å²) in [5.74, 6) is 1.42. The van der Waals surface area contributed by atoms with Crippen molar-refractivity contribution in [3.63, 3.8) is 0 Å². The van der Waals surface area contributed by atoms with E-state index in [-0.39, 0.29) is 5.92 Å². The van der Waals surface area contributed by atoms with Gasteiger partial charge in [0.1, 0.15) is 17.6 Å². The summed E-state index contributed by atoms with van der Waals surface area (Å²) in [5, 5.41) is 20.0. The van der Waals surface area contributed by atoms with Gasteiger partial charge in [-0.15, -0.1) is 0 Å². The summed E-state index contributed by atoms with van der Waals surface area (Å²) in [4.78, 5) is 0. The molecule has 2 N–H and O–H groups in total. The predicted octanol–water partition coefficient (Wildman–Crippen LogP) is 1.51. The summed E-state index contributed by atoms with van der Waals surface area (Å²) in [6.07, 6.45) is 0.355. The highest BCUT2D eigenvalue weighted by molar-refractivity contribution is 5.42. The van der Waals surface area contributed by atoms with Gasteiger partial charge in [0, 0.05) is 11.6 Å². The van der Waals surface area contributed by atoms with E-state index in [0.29, 0.717) is 17.1 Å². The van der Waals surface area contributed by atoms with Crippen LogP contribution in [0.4, 0.5) is 0 Å². The van der Waals surface area contributed by atoms with Crippen molar-refractivity contribution in [3.8, 4) is 11.5 Å². The van der Waals surface area contributed by atoms with E-state index in [1.807, 2.05) is 0 Å². The van der Waals surface area contributed by atoms with E-state index < -0.39 is 12.2 Å². The molecule has 2 unspecified atom stereocenters. The minimum atomic E-state index is -0.900. The molecule has 94 valence electrons. The van der Waals surface area contributed by atoms with Crippen molar-refractivity contribution in [2.75, 3.05) is 14.2 Å². The number of benzene rings is 1. The van der Waals surface area contributed by atoms with Gasteiger partial charge in [0.2, 0.25) is 0 Å². The second-order valence-corrected chi connectivity index (χ2v) is 4.38. The maximum Gasteiger partial charge on any atom is 0.128 e. The van der Waals surface area contributed by atoms with E-state index in [1.165, 1.54) is 7.11 Å². The molecule has 17 heavy (non-hydrogen) atoms. The lowest BCUT2D eigenvalue weighted by Gasteiger charge is -2.20. The van der Waals surface area contributed by atoms with Crippen LogP contribution >= 0.6 is 0 Å². The second kappa shape index (κ2) is 4.94. The Balaban J connectivity index is 2.23. The highest BCUT2D eigenvalue weighted by Crippen LogP contribution is 2.40. The van der Waals surface area contributed by atoms with Gasteiger partial charge >= 0.3 is 0 Å². The molecule has 4 nitrogen and oxygen atoms in total.